The van der Waals surface area contributed by atoms with Gasteiger partial charge in [0.25, 0.3) is 0 Å². The fourth-order valence-corrected chi connectivity index (χ4v) is 8.24. The maximum absolute atomic E-state index is 12.9. The minimum Gasteiger partial charge on any atom is -0.462 e. The van der Waals surface area contributed by atoms with E-state index in [0.717, 1.165) is 128 Å². The van der Waals surface area contributed by atoms with E-state index in [2.05, 4.69) is 154 Å². The molecule has 0 amide bonds. The number of hydrogen-bond donors (Lipinski definition) is 0. The SMILES string of the molecule is CC/C=C\C/C=C\C/C=C\C/C=C\C/C=C\C/C=C\C/C=C\C/C=C\C/C=C\CCCC(=O)OCC(COC(=O)CCCCCCCCCCCCCCC)OC(=O)CCCCCCC/C=C\C/C=C\CCCCCC. The van der Waals surface area contributed by atoms with Crippen molar-refractivity contribution >= 4 is 17.9 Å². The van der Waals surface area contributed by atoms with Crippen molar-refractivity contribution in [1.82, 2.24) is 0 Å². The van der Waals surface area contributed by atoms with Gasteiger partial charge in [-0.1, -0.05) is 270 Å². The largest absolute Gasteiger partial charge is 0.462 e. The fraction of sp³-hybridized carbons (Fsp3) is 0.643. The number of carbonyl (C=O) groups excluding carboxylic acids is 3. The van der Waals surface area contributed by atoms with Crippen LogP contribution in [0.15, 0.2) is 134 Å². The van der Waals surface area contributed by atoms with Crippen molar-refractivity contribution < 1.29 is 28.6 Å². The van der Waals surface area contributed by atoms with E-state index in [9.17, 15) is 14.4 Å². The van der Waals surface area contributed by atoms with Gasteiger partial charge in [-0.05, 0) is 116 Å². The van der Waals surface area contributed by atoms with Crippen LogP contribution in [0, 0.1) is 0 Å². The standard InChI is InChI=1S/C70H114O6/c1-4-7-10-13-16-19-22-25-27-29-30-31-32-33-34-35-36-37-38-39-40-41-43-45-48-51-54-57-60-63-69(72)75-66-67(65-74-68(71)62-59-56-53-50-47-44-24-21-18-15-12-9-6-3)76-70(73)64-61-58-55-52-49-46-42-28-26-23-20-17-14-11-8-5-2/h7,10,16,19-20,23,25,27-28,30-31,33-34,36-37,39-40,42-43,45,51,54,67H,4-6,8-9,11-15,17-18,21-22,24,26,29,32,35,38,41,44,46-50,52-53,55-66H2,1-3H3/b10-7-,19-16-,23-20-,27-25-,31-30-,34-33-,37-36-,40-39-,42-28-,45-43-,54-51-. The lowest BCUT2D eigenvalue weighted by Crippen LogP contribution is -2.30. The number of allylic oxidation sites excluding steroid dienone is 22. The van der Waals surface area contributed by atoms with Gasteiger partial charge in [0.05, 0.1) is 0 Å². The highest BCUT2D eigenvalue weighted by atomic mass is 16.6. The highest BCUT2D eigenvalue weighted by Crippen LogP contribution is 2.15. The van der Waals surface area contributed by atoms with E-state index < -0.39 is 6.10 Å². The first-order valence-corrected chi connectivity index (χ1v) is 31.2. The smallest absolute Gasteiger partial charge is 0.306 e. The van der Waals surface area contributed by atoms with Gasteiger partial charge in [-0.2, -0.15) is 0 Å². The Kier molecular flexibility index (Phi) is 59.4. The lowest BCUT2D eigenvalue weighted by atomic mass is 10.0. The molecule has 430 valence electrons. The Bertz CT molecular complexity index is 1630. The van der Waals surface area contributed by atoms with E-state index in [4.69, 9.17) is 14.2 Å². The van der Waals surface area contributed by atoms with Gasteiger partial charge in [-0.3, -0.25) is 14.4 Å². The molecular weight excluding hydrogens is 937 g/mol. The van der Waals surface area contributed by atoms with Crippen LogP contribution < -0.4 is 0 Å². The van der Waals surface area contributed by atoms with Crippen LogP contribution in [-0.4, -0.2) is 37.2 Å². The molecule has 0 aliphatic carbocycles. The summed E-state index contributed by atoms with van der Waals surface area (Å²) in [7, 11) is 0. The zero-order valence-corrected chi connectivity index (χ0v) is 49.2. The van der Waals surface area contributed by atoms with Crippen LogP contribution in [0.4, 0.5) is 0 Å². The molecule has 0 bridgehead atoms. The highest BCUT2D eigenvalue weighted by molar-refractivity contribution is 5.71. The second-order valence-electron chi connectivity index (χ2n) is 20.2. The molecule has 0 radical (unpaired) electrons. The Morgan fingerprint density at radius 1 is 0.276 bits per heavy atom. The van der Waals surface area contributed by atoms with Crippen molar-refractivity contribution in [3.8, 4) is 0 Å². The molecule has 0 aromatic carbocycles. The predicted molar refractivity (Wildman–Crippen MR) is 329 cm³/mol. The van der Waals surface area contributed by atoms with Crippen LogP contribution in [0.1, 0.15) is 271 Å². The van der Waals surface area contributed by atoms with Gasteiger partial charge in [-0.25, -0.2) is 0 Å². The number of ether oxygens (including phenoxy) is 3. The zero-order chi connectivity index (χ0) is 55.0. The average Bonchev–Trinajstić information content (AvgIpc) is 3.42. The Hall–Kier alpha value is -4.45. The summed E-state index contributed by atoms with van der Waals surface area (Å²) in [6.07, 6.45) is 88.8. The lowest BCUT2D eigenvalue weighted by molar-refractivity contribution is -0.167. The number of rotatable bonds is 55. The first-order valence-electron chi connectivity index (χ1n) is 31.2. The molecule has 0 N–H and O–H groups in total. The van der Waals surface area contributed by atoms with E-state index in [0.29, 0.717) is 19.3 Å². The van der Waals surface area contributed by atoms with Gasteiger partial charge in [0.2, 0.25) is 0 Å². The number of hydrogen-bond acceptors (Lipinski definition) is 6. The lowest BCUT2D eigenvalue weighted by Gasteiger charge is -2.18. The second-order valence-corrected chi connectivity index (χ2v) is 20.2. The Labute approximate surface area is 468 Å². The summed E-state index contributed by atoms with van der Waals surface area (Å²) in [6, 6.07) is 0. The molecule has 0 fully saturated rings. The van der Waals surface area contributed by atoms with Crippen LogP contribution in [0.2, 0.25) is 0 Å². The maximum Gasteiger partial charge on any atom is 0.306 e. The molecule has 0 heterocycles. The minimum absolute atomic E-state index is 0.103. The molecule has 6 nitrogen and oxygen atoms in total. The van der Waals surface area contributed by atoms with E-state index in [1.165, 1.54) is 96.3 Å². The summed E-state index contributed by atoms with van der Waals surface area (Å²) in [5, 5.41) is 0. The molecule has 0 spiro atoms. The number of unbranched alkanes of at least 4 members (excludes halogenated alkanes) is 22. The van der Waals surface area contributed by atoms with Crippen LogP contribution in [0.3, 0.4) is 0 Å². The molecule has 6 heteroatoms. The van der Waals surface area contributed by atoms with Gasteiger partial charge in [-0.15, -0.1) is 0 Å². The molecule has 0 aliphatic heterocycles. The van der Waals surface area contributed by atoms with Crippen LogP contribution in [0.5, 0.6) is 0 Å². The fourth-order valence-electron chi connectivity index (χ4n) is 8.24. The predicted octanol–water partition coefficient (Wildman–Crippen LogP) is 21.4. The van der Waals surface area contributed by atoms with Crippen molar-refractivity contribution in [3.05, 3.63) is 134 Å². The third-order valence-corrected chi connectivity index (χ3v) is 12.9. The van der Waals surface area contributed by atoms with Gasteiger partial charge < -0.3 is 14.2 Å². The average molecular weight is 1050 g/mol. The van der Waals surface area contributed by atoms with Crippen LogP contribution in [-0.2, 0) is 28.6 Å². The van der Waals surface area contributed by atoms with Crippen molar-refractivity contribution in [2.24, 2.45) is 0 Å². The normalized spacial score (nSPS) is 13.0. The van der Waals surface area contributed by atoms with E-state index >= 15 is 0 Å². The molecule has 0 saturated carbocycles. The third kappa shape index (κ3) is 60.4. The molecular formula is C70H114O6. The maximum atomic E-state index is 12.9. The van der Waals surface area contributed by atoms with Crippen molar-refractivity contribution in [2.45, 2.75) is 277 Å². The molecule has 0 aromatic rings. The molecule has 0 rings (SSSR count). The third-order valence-electron chi connectivity index (χ3n) is 12.9. The Balaban J connectivity index is 4.45. The molecule has 1 atom stereocenters. The zero-order valence-electron chi connectivity index (χ0n) is 49.2. The summed E-state index contributed by atoms with van der Waals surface area (Å²) in [4.78, 5) is 38.2. The van der Waals surface area contributed by atoms with Gasteiger partial charge >= 0.3 is 17.9 Å². The summed E-state index contributed by atoms with van der Waals surface area (Å²) in [5.41, 5.74) is 0. The van der Waals surface area contributed by atoms with E-state index in [1.807, 2.05) is 0 Å². The highest BCUT2D eigenvalue weighted by Gasteiger charge is 2.19. The topological polar surface area (TPSA) is 78.9 Å². The van der Waals surface area contributed by atoms with Gasteiger partial charge in [0, 0.05) is 19.3 Å². The number of esters is 3. The molecule has 0 saturated heterocycles. The first-order chi connectivity index (χ1) is 37.5. The summed E-state index contributed by atoms with van der Waals surface area (Å²) in [5.74, 6) is -0.979. The molecule has 0 aliphatic rings. The first kappa shape index (κ1) is 71.5. The minimum atomic E-state index is -0.812. The number of carbonyl (C=O) groups is 3. The van der Waals surface area contributed by atoms with E-state index in [-0.39, 0.29) is 37.5 Å². The quantitative estimate of drug-likeness (QED) is 0.0261. The summed E-state index contributed by atoms with van der Waals surface area (Å²) >= 11 is 0. The van der Waals surface area contributed by atoms with Crippen molar-refractivity contribution in [3.63, 3.8) is 0 Å². The second kappa shape index (κ2) is 63.1. The summed E-state index contributed by atoms with van der Waals surface area (Å²) < 4.78 is 16.8. The molecule has 0 aromatic heterocycles. The molecule has 76 heavy (non-hydrogen) atoms. The van der Waals surface area contributed by atoms with Gasteiger partial charge in [0.15, 0.2) is 6.10 Å². The Morgan fingerprint density at radius 3 is 0.868 bits per heavy atom. The van der Waals surface area contributed by atoms with Crippen molar-refractivity contribution in [1.29, 1.82) is 0 Å². The van der Waals surface area contributed by atoms with Crippen LogP contribution >= 0.6 is 0 Å². The van der Waals surface area contributed by atoms with E-state index in [1.54, 1.807) is 0 Å². The van der Waals surface area contributed by atoms with Crippen LogP contribution in [0.25, 0.3) is 0 Å². The Morgan fingerprint density at radius 2 is 0.526 bits per heavy atom. The monoisotopic (exact) mass is 1050 g/mol. The summed E-state index contributed by atoms with van der Waals surface area (Å²) in [6.45, 7) is 6.45. The molecule has 1 unspecified atom stereocenters. The van der Waals surface area contributed by atoms with Gasteiger partial charge in [0.1, 0.15) is 13.2 Å². The van der Waals surface area contributed by atoms with Crippen molar-refractivity contribution in [2.75, 3.05) is 13.2 Å².